The SMILES string of the molecule is O=C(O)C(O)c1cc(Cl)ccc1F. The van der Waals surface area contributed by atoms with E-state index in [1.165, 1.54) is 6.07 Å². The fourth-order valence-electron chi connectivity index (χ4n) is 0.857. The molecule has 1 atom stereocenters. The molecule has 0 aliphatic heterocycles. The Morgan fingerprint density at radius 2 is 2.15 bits per heavy atom. The highest BCUT2D eigenvalue weighted by molar-refractivity contribution is 6.30. The molecule has 1 aromatic rings. The van der Waals surface area contributed by atoms with Crippen LogP contribution < -0.4 is 0 Å². The molecule has 1 aromatic carbocycles. The Bertz CT molecular complexity index is 340. The van der Waals surface area contributed by atoms with Crippen LogP contribution in [0.4, 0.5) is 4.39 Å². The lowest BCUT2D eigenvalue weighted by Gasteiger charge is -2.06. The van der Waals surface area contributed by atoms with Crippen molar-refractivity contribution >= 4 is 17.6 Å². The van der Waals surface area contributed by atoms with Gasteiger partial charge in [-0.05, 0) is 18.2 Å². The second-order valence-corrected chi connectivity index (χ2v) is 2.84. The van der Waals surface area contributed by atoms with E-state index in [0.717, 1.165) is 12.1 Å². The molecule has 0 bridgehead atoms. The molecule has 70 valence electrons. The largest absolute Gasteiger partial charge is 0.479 e. The molecular formula is C8H6ClFO3. The normalized spacial score (nSPS) is 12.5. The highest BCUT2D eigenvalue weighted by Crippen LogP contribution is 2.21. The van der Waals surface area contributed by atoms with Crippen LogP contribution in [0.25, 0.3) is 0 Å². The second kappa shape index (κ2) is 3.72. The molecule has 0 saturated heterocycles. The number of aliphatic hydroxyl groups is 1. The molecule has 13 heavy (non-hydrogen) atoms. The lowest BCUT2D eigenvalue weighted by molar-refractivity contribution is -0.147. The van der Waals surface area contributed by atoms with Crippen LogP contribution in [0.1, 0.15) is 11.7 Å². The minimum atomic E-state index is -1.88. The maximum atomic E-state index is 12.9. The van der Waals surface area contributed by atoms with Gasteiger partial charge < -0.3 is 10.2 Å². The van der Waals surface area contributed by atoms with Crippen LogP contribution in [-0.4, -0.2) is 16.2 Å². The summed E-state index contributed by atoms with van der Waals surface area (Å²) in [6, 6.07) is 3.36. The van der Waals surface area contributed by atoms with Crippen molar-refractivity contribution in [2.75, 3.05) is 0 Å². The van der Waals surface area contributed by atoms with Crippen LogP contribution in [0.2, 0.25) is 5.02 Å². The van der Waals surface area contributed by atoms with Crippen molar-refractivity contribution in [1.82, 2.24) is 0 Å². The lowest BCUT2D eigenvalue weighted by atomic mass is 10.1. The molecular weight excluding hydrogens is 199 g/mol. The topological polar surface area (TPSA) is 57.5 Å². The summed E-state index contributed by atoms with van der Waals surface area (Å²) in [6.07, 6.45) is -1.88. The molecule has 0 fully saturated rings. The molecule has 0 spiro atoms. The van der Waals surface area contributed by atoms with Crippen molar-refractivity contribution in [3.8, 4) is 0 Å². The van der Waals surface area contributed by atoms with Gasteiger partial charge in [0, 0.05) is 10.6 Å². The van der Waals surface area contributed by atoms with E-state index in [2.05, 4.69) is 0 Å². The molecule has 0 heterocycles. The van der Waals surface area contributed by atoms with Gasteiger partial charge in [-0.3, -0.25) is 0 Å². The highest BCUT2D eigenvalue weighted by Gasteiger charge is 2.19. The minimum absolute atomic E-state index is 0.178. The van der Waals surface area contributed by atoms with Gasteiger partial charge in [-0.25, -0.2) is 9.18 Å². The van der Waals surface area contributed by atoms with Gasteiger partial charge in [-0.15, -0.1) is 0 Å². The summed E-state index contributed by atoms with van der Waals surface area (Å²) in [4.78, 5) is 10.3. The number of carboxylic acid groups (broad SMARTS) is 1. The Labute approximate surface area is 78.4 Å². The second-order valence-electron chi connectivity index (χ2n) is 2.41. The number of hydrogen-bond acceptors (Lipinski definition) is 2. The van der Waals surface area contributed by atoms with Crippen molar-refractivity contribution in [3.05, 3.63) is 34.6 Å². The third kappa shape index (κ3) is 2.17. The van der Waals surface area contributed by atoms with Gasteiger partial charge in [0.05, 0.1) is 0 Å². The summed E-state index contributed by atoms with van der Waals surface area (Å²) >= 11 is 5.49. The smallest absolute Gasteiger partial charge is 0.337 e. The lowest BCUT2D eigenvalue weighted by Crippen LogP contribution is -2.12. The third-order valence-electron chi connectivity index (χ3n) is 1.49. The van der Waals surface area contributed by atoms with Gasteiger partial charge in [-0.2, -0.15) is 0 Å². The fourth-order valence-corrected chi connectivity index (χ4v) is 1.04. The van der Waals surface area contributed by atoms with E-state index in [0.29, 0.717) is 0 Å². The summed E-state index contributed by atoms with van der Waals surface area (Å²) in [6.45, 7) is 0. The van der Waals surface area contributed by atoms with E-state index in [1.807, 2.05) is 0 Å². The standard InChI is InChI=1S/C8H6ClFO3/c9-4-1-2-6(10)5(3-4)7(11)8(12)13/h1-3,7,11H,(H,12,13). The van der Waals surface area contributed by atoms with Gasteiger partial charge >= 0.3 is 5.97 Å². The van der Waals surface area contributed by atoms with Gasteiger partial charge in [-0.1, -0.05) is 11.6 Å². The number of benzene rings is 1. The minimum Gasteiger partial charge on any atom is -0.479 e. The molecule has 0 aliphatic carbocycles. The first kappa shape index (κ1) is 9.95. The number of rotatable bonds is 2. The van der Waals surface area contributed by atoms with Crippen LogP contribution in [0.5, 0.6) is 0 Å². The average Bonchev–Trinajstić information content (AvgIpc) is 2.08. The molecule has 0 saturated carbocycles. The summed E-state index contributed by atoms with van der Waals surface area (Å²) < 4.78 is 12.9. The zero-order valence-electron chi connectivity index (χ0n) is 6.37. The fraction of sp³-hybridized carbons (Fsp3) is 0.125. The Hall–Kier alpha value is -1.13. The van der Waals surface area contributed by atoms with Gasteiger partial charge in [0.25, 0.3) is 0 Å². The quantitative estimate of drug-likeness (QED) is 0.769. The summed E-state index contributed by atoms with van der Waals surface area (Å²) in [5.41, 5.74) is -0.333. The molecule has 0 radical (unpaired) electrons. The monoisotopic (exact) mass is 204 g/mol. The van der Waals surface area contributed by atoms with E-state index >= 15 is 0 Å². The Kier molecular flexibility index (Phi) is 2.85. The van der Waals surface area contributed by atoms with Crippen molar-refractivity contribution in [2.45, 2.75) is 6.10 Å². The van der Waals surface area contributed by atoms with Crippen LogP contribution in [0, 0.1) is 5.82 Å². The predicted octanol–water partition coefficient (Wildman–Crippen LogP) is 1.60. The predicted molar refractivity (Wildman–Crippen MR) is 44.0 cm³/mol. The van der Waals surface area contributed by atoms with E-state index < -0.39 is 17.9 Å². The van der Waals surface area contributed by atoms with Crippen LogP contribution in [-0.2, 0) is 4.79 Å². The van der Waals surface area contributed by atoms with E-state index in [-0.39, 0.29) is 10.6 Å². The first-order valence-corrected chi connectivity index (χ1v) is 3.76. The van der Waals surface area contributed by atoms with Crippen LogP contribution in [0.3, 0.4) is 0 Å². The number of carboxylic acids is 1. The first-order valence-electron chi connectivity index (χ1n) is 3.38. The van der Waals surface area contributed by atoms with Gasteiger partial charge in [0.1, 0.15) is 5.82 Å². The van der Waals surface area contributed by atoms with Crippen LogP contribution >= 0.6 is 11.6 Å². The highest BCUT2D eigenvalue weighted by atomic mass is 35.5. The summed E-state index contributed by atoms with van der Waals surface area (Å²) in [7, 11) is 0. The van der Waals surface area contributed by atoms with Crippen molar-refractivity contribution < 1.29 is 19.4 Å². The van der Waals surface area contributed by atoms with E-state index in [1.54, 1.807) is 0 Å². The van der Waals surface area contributed by atoms with Crippen LogP contribution in [0.15, 0.2) is 18.2 Å². The Morgan fingerprint density at radius 1 is 1.54 bits per heavy atom. The molecule has 3 nitrogen and oxygen atoms in total. The number of aliphatic carboxylic acids is 1. The maximum absolute atomic E-state index is 12.9. The number of aliphatic hydroxyl groups excluding tert-OH is 1. The number of carbonyl (C=O) groups is 1. The van der Waals surface area contributed by atoms with Gasteiger partial charge in [0.15, 0.2) is 6.10 Å². The number of hydrogen-bond donors (Lipinski definition) is 2. The molecule has 1 rings (SSSR count). The summed E-state index contributed by atoms with van der Waals surface area (Å²) in [5, 5.41) is 17.6. The number of halogens is 2. The van der Waals surface area contributed by atoms with Crippen molar-refractivity contribution in [3.63, 3.8) is 0 Å². The molecule has 0 aliphatic rings. The zero-order chi connectivity index (χ0) is 10.0. The zero-order valence-corrected chi connectivity index (χ0v) is 7.12. The molecule has 5 heteroatoms. The first-order chi connectivity index (χ1) is 6.02. The molecule has 0 aromatic heterocycles. The maximum Gasteiger partial charge on any atom is 0.337 e. The van der Waals surface area contributed by atoms with E-state index in [9.17, 15) is 9.18 Å². The third-order valence-corrected chi connectivity index (χ3v) is 1.72. The summed E-state index contributed by atoms with van der Waals surface area (Å²) in [5.74, 6) is -2.31. The molecule has 0 amide bonds. The molecule has 2 N–H and O–H groups in total. The Balaban J connectivity index is 3.12. The Morgan fingerprint density at radius 3 is 2.69 bits per heavy atom. The van der Waals surface area contributed by atoms with Crippen molar-refractivity contribution in [1.29, 1.82) is 0 Å². The van der Waals surface area contributed by atoms with E-state index in [4.69, 9.17) is 21.8 Å². The molecule has 1 unspecified atom stereocenters. The van der Waals surface area contributed by atoms with Crippen molar-refractivity contribution in [2.24, 2.45) is 0 Å². The average molecular weight is 205 g/mol. The van der Waals surface area contributed by atoms with Gasteiger partial charge in [0.2, 0.25) is 0 Å².